The number of aromatic nitrogens is 1. The van der Waals surface area contributed by atoms with Crippen LogP contribution in [0.4, 0.5) is 0 Å². The van der Waals surface area contributed by atoms with E-state index in [2.05, 4.69) is 47.9 Å². The number of hydrogen-bond acceptors (Lipinski definition) is 2. The van der Waals surface area contributed by atoms with E-state index in [4.69, 9.17) is 4.74 Å². The topological polar surface area (TPSA) is 34.4 Å². The van der Waals surface area contributed by atoms with Gasteiger partial charge in [-0.15, -0.1) is 0 Å². The summed E-state index contributed by atoms with van der Waals surface area (Å²) in [4.78, 5) is 0. The van der Waals surface area contributed by atoms with Crippen LogP contribution in [0.2, 0.25) is 0 Å². The molecule has 0 spiro atoms. The maximum absolute atomic E-state index is 10.3. The third kappa shape index (κ3) is 3.01. The van der Waals surface area contributed by atoms with Crippen LogP contribution in [0.15, 0.2) is 48.5 Å². The highest BCUT2D eigenvalue weighted by Crippen LogP contribution is 2.28. The quantitative estimate of drug-likeness (QED) is 0.670. The summed E-state index contributed by atoms with van der Waals surface area (Å²) < 4.78 is 7.74. The molecule has 1 N–H and O–H groups in total. The zero-order valence-electron chi connectivity index (χ0n) is 13.0. The Morgan fingerprint density at radius 2 is 1.59 bits per heavy atom. The highest BCUT2D eigenvalue weighted by Gasteiger charge is 2.13. The molecule has 0 aliphatic heterocycles. The van der Waals surface area contributed by atoms with Crippen molar-refractivity contribution in [2.45, 2.75) is 32.4 Å². The van der Waals surface area contributed by atoms with E-state index in [0.717, 1.165) is 30.5 Å². The van der Waals surface area contributed by atoms with Crippen LogP contribution in [0.1, 0.15) is 19.8 Å². The summed E-state index contributed by atoms with van der Waals surface area (Å²) in [6, 6.07) is 16.7. The van der Waals surface area contributed by atoms with Crippen LogP contribution in [-0.4, -0.2) is 29.0 Å². The second-order valence-electron chi connectivity index (χ2n) is 5.73. The molecule has 2 aromatic carbocycles. The summed E-state index contributed by atoms with van der Waals surface area (Å²) >= 11 is 0. The molecule has 0 amide bonds. The lowest BCUT2D eigenvalue weighted by Gasteiger charge is -2.14. The Morgan fingerprint density at radius 3 is 2.18 bits per heavy atom. The van der Waals surface area contributed by atoms with Crippen molar-refractivity contribution < 1.29 is 9.84 Å². The lowest BCUT2D eigenvalue weighted by Crippen LogP contribution is -2.22. The molecule has 0 saturated carbocycles. The number of fused-ring (bicyclic) bond motifs is 3. The van der Waals surface area contributed by atoms with Gasteiger partial charge in [0.1, 0.15) is 0 Å². The fourth-order valence-corrected chi connectivity index (χ4v) is 2.93. The van der Waals surface area contributed by atoms with Crippen molar-refractivity contribution in [3.05, 3.63) is 48.5 Å². The fraction of sp³-hybridized carbons (Fsp3) is 0.368. The minimum absolute atomic E-state index is 0.390. The number of hydrogen-bond donors (Lipinski definition) is 1. The molecule has 0 bridgehead atoms. The standard InChI is InChI=1S/C19H23NO2/c1-2-3-12-22-14-15(21)13-20-18-10-6-4-8-16(18)17-9-5-7-11-19(17)20/h4-11,15,21H,2-3,12-14H2,1H3. The summed E-state index contributed by atoms with van der Waals surface area (Å²) in [5.74, 6) is 0. The van der Waals surface area contributed by atoms with Gasteiger partial charge in [-0.1, -0.05) is 49.7 Å². The first-order valence-electron chi connectivity index (χ1n) is 8.03. The van der Waals surface area contributed by atoms with Crippen molar-refractivity contribution in [1.82, 2.24) is 4.57 Å². The zero-order valence-corrected chi connectivity index (χ0v) is 13.0. The lowest BCUT2D eigenvalue weighted by atomic mass is 10.2. The Balaban J connectivity index is 1.85. The maximum atomic E-state index is 10.3. The van der Waals surface area contributed by atoms with Crippen LogP contribution < -0.4 is 0 Å². The van der Waals surface area contributed by atoms with E-state index in [1.807, 2.05) is 12.1 Å². The van der Waals surface area contributed by atoms with Crippen molar-refractivity contribution in [1.29, 1.82) is 0 Å². The number of nitrogens with zero attached hydrogens (tertiary/aromatic N) is 1. The molecule has 0 saturated heterocycles. The number of para-hydroxylation sites is 2. The molecule has 0 fully saturated rings. The van der Waals surface area contributed by atoms with E-state index in [1.165, 1.54) is 10.8 Å². The van der Waals surface area contributed by atoms with Gasteiger partial charge in [-0.2, -0.15) is 0 Å². The molecule has 1 unspecified atom stereocenters. The van der Waals surface area contributed by atoms with Gasteiger partial charge in [0, 0.05) is 28.4 Å². The molecule has 116 valence electrons. The summed E-state index contributed by atoms with van der Waals surface area (Å²) in [6.45, 7) is 3.81. The number of rotatable bonds is 7. The van der Waals surface area contributed by atoms with E-state index in [0.29, 0.717) is 13.2 Å². The molecule has 0 aliphatic rings. The smallest absolute Gasteiger partial charge is 0.0952 e. The van der Waals surface area contributed by atoms with Crippen molar-refractivity contribution in [3.63, 3.8) is 0 Å². The Morgan fingerprint density at radius 1 is 1.00 bits per heavy atom. The molecule has 3 nitrogen and oxygen atoms in total. The SMILES string of the molecule is CCCCOCC(O)Cn1c2ccccc2c2ccccc21. The summed E-state index contributed by atoms with van der Waals surface area (Å²) in [5.41, 5.74) is 2.33. The Bertz CT molecular complexity index is 694. The first-order chi connectivity index (χ1) is 10.8. The number of aliphatic hydroxyl groups excluding tert-OH is 1. The average Bonchev–Trinajstić information content (AvgIpc) is 2.87. The van der Waals surface area contributed by atoms with E-state index in [-0.39, 0.29) is 0 Å². The third-order valence-electron chi connectivity index (χ3n) is 4.03. The molecular formula is C19H23NO2. The van der Waals surface area contributed by atoms with Crippen molar-refractivity contribution in [2.24, 2.45) is 0 Å². The Hall–Kier alpha value is -1.84. The molecule has 22 heavy (non-hydrogen) atoms. The second-order valence-corrected chi connectivity index (χ2v) is 5.73. The molecular weight excluding hydrogens is 274 g/mol. The minimum atomic E-state index is -0.490. The molecule has 1 aromatic heterocycles. The molecule has 3 heteroatoms. The molecule has 0 aliphatic carbocycles. The first kappa shape index (κ1) is 15.1. The molecule has 3 rings (SSSR count). The monoisotopic (exact) mass is 297 g/mol. The molecule has 3 aromatic rings. The predicted molar refractivity (Wildman–Crippen MR) is 91.2 cm³/mol. The third-order valence-corrected chi connectivity index (χ3v) is 4.03. The van der Waals surface area contributed by atoms with Gasteiger partial charge < -0.3 is 14.4 Å². The number of aliphatic hydroxyl groups is 1. The van der Waals surface area contributed by atoms with E-state index >= 15 is 0 Å². The highest BCUT2D eigenvalue weighted by molar-refractivity contribution is 6.07. The minimum Gasteiger partial charge on any atom is -0.389 e. The van der Waals surface area contributed by atoms with Crippen LogP contribution in [0.3, 0.4) is 0 Å². The highest BCUT2D eigenvalue weighted by atomic mass is 16.5. The van der Waals surface area contributed by atoms with Crippen LogP contribution >= 0.6 is 0 Å². The average molecular weight is 297 g/mol. The summed E-state index contributed by atoms with van der Waals surface area (Å²) in [5, 5.41) is 12.8. The van der Waals surface area contributed by atoms with Crippen molar-refractivity contribution in [3.8, 4) is 0 Å². The summed E-state index contributed by atoms with van der Waals surface area (Å²) in [7, 11) is 0. The zero-order chi connectivity index (χ0) is 15.4. The lowest BCUT2D eigenvalue weighted by molar-refractivity contribution is 0.0282. The molecule has 0 radical (unpaired) electrons. The van der Waals surface area contributed by atoms with Crippen LogP contribution in [0, 0.1) is 0 Å². The van der Waals surface area contributed by atoms with Gasteiger partial charge in [0.2, 0.25) is 0 Å². The number of benzene rings is 2. The van der Waals surface area contributed by atoms with Gasteiger partial charge >= 0.3 is 0 Å². The normalized spacial score (nSPS) is 13.0. The Kier molecular flexibility index (Phi) is 4.76. The fourth-order valence-electron chi connectivity index (χ4n) is 2.93. The van der Waals surface area contributed by atoms with Gasteiger partial charge in [0.25, 0.3) is 0 Å². The largest absolute Gasteiger partial charge is 0.389 e. The van der Waals surface area contributed by atoms with E-state index in [1.54, 1.807) is 0 Å². The molecule has 1 heterocycles. The van der Waals surface area contributed by atoms with Crippen LogP contribution in [-0.2, 0) is 11.3 Å². The number of unbranched alkanes of at least 4 members (excludes halogenated alkanes) is 1. The van der Waals surface area contributed by atoms with Gasteiger partial charge in [-0.3, -0.25) is 0 Å². The van der Waals surface area contributed by atoms with Gasteiger partial charge in [-0.05, 0) is 18.6 Å². The maximum Gasteiger partial charge on any atom is 0.0952 e. The van der Waals surface area contributed by atoms with Gasteiger partial charge in [0.15, 0.2) is 0 Å². The second kappa shape index (κ2) is 6.95. The van der Waals surface area contributed by atoms with Gasteiger partial charge in [0.05, 0.1) is 19.3 Å². The van der Waals surface area contributed by atoms with E-state index < -0.39 is 6.10 Å². The number of ether oxygens (including phenoxy) is 1. The van der Waals surface area contributed by atoms with Gasteiger partial charge in [-0.25, -0.2) is 0 Å². The summed E-state index contributed by atoms with van der Waals surface area (Å²) in [6.07, 6.45) is 1.67. The predicted octanol–water partition coefficient (Wildman–Crippen LogP) is 3.97. The Labute approximate surface area is 131 Å². The van der Waals surface area contributed by atoms with Crippen LogP contribution in [0.25, 0.3) is 21.8 Å². The van der Waals surface area contributed by atoms with Crippen molar-refractivity contribution >= 4 is 21.8 Å². The van der Waals surface area contributed by atoms with Crippen LogP contribution in [0.5, 0.6) is 0 Å². The van der Waals surface area contributed by atoms with Crippen molar-refractivity contribution in [2.75, 3.05) is 13.2 Å². The van der Waals surface area contributed by atoms with E-state index in [9.17, 15) is 5.11 Å². The first-order valence-corrected chi connectivity index (χ1v) is 8.03. The molecule has 1 atom stereocenters.